The lowest BCUT2D eigenvalue weighted by molar-refractivity contribution is 0.0870. The summed E-state index contributed by atoms with van der Waals surface area (Å²) < 4.78 is 12.6. The third kappa shape index (κ3) is 6.50. The SMILES string of the molecule is Cc1cc(C(C)(C)c2ccc(Oc3ccc4c(c3)C(=O)C(c3nc5ccccc5cc3O)C4=O)c(C)c2)ccc1Oc1ccc2c(c1)C(=O)C(c1nc3ccccc3cc1O)C2=O. The maximum atomic E-state index is 13.7. The summed E-state index contributed by atoms with van der Waals surface area (Å²) >= 11 is 0. The Morgan fingerprint density at radius 1 is 0.476 bits per heavy atom. The highest BCUT2D eigenvalue weighted by Crippen LogP contribution is 2.43. The predicted octanol–water partition coefficient (Wildman–Crippen LogP) is 11.0. The molecule has 10 nitrogen and oxygen atoms in total. The Bertz CT molecular complexity index is 3100. The van der Waals surface area contributed by atoms with Crippen molar-refractivity contribution in [2.24, 2.45) is 0 Å². The molecule has 10 rings (SSSR count). The number of hydrogen-bond acceptors (Lipinski definition) is 10. The number of carbonyl (C=O) groups excluding carboxylic acids is 4. The summed E-state index contributed by atoms with van der Waals surface area (Å²) in [5.74, 6) is -2.64. The summed E-state index contributed by atoms with van der Waals surface area (Å²) in [5.41, 5.74) is 5.54. The highest BCUT2D eigenvalue weighted by Gasteiger charge is 2.44. The van der Waals surface area contributed by atoms with Crippen LogP contribution in [-0.2, 0) is 5.41 Å². The standard InChI is InChI=1S/C53H38N2O8/c1-27-21-31(13-19-43(27)62-33-15-17-35-37(25-33)51(60)45(49(35)58)47-41(56)23-29-9-5-7-11-39(29)54-47)53(3,4)32-14-20-44(28(2)22-32)63-34-16-18-36-38(26-34)52(61)46(50(36)59)48-42(57)24-30-10-6-8-12-40(30)55-48/h5-26,45-46,56-57H,1-4H3. The van der Waals surface area contributed by atoms with Crippen molar-refractivity contribution in [2.75, 3.05) is 0 Å². The topological polar surface area (TPSA) is 153 Å². The van der Waals surface area contributed by atoms with E-state index in [9.17, 15) is 29.4 Å². The van der Waals surface area contributed by atoms with E-state index in [0.717, 1.165) is 22.3 Å². The number of nitrogens with zero attached hydrogens (tertiary/aromatic N) is 2. The molecule has 2 unspecified atom stereocenters. The van der Waals surface area contributed by atoms with Crippen LogP contribution < -0.4 is 9.47 Å². The first kappa shape index (κ1) is 39.2. The first-order valence-electron chi connectivity index (χ1n) is 20.5. The Balaban J connectivity index is 0.844. The van der Waals surface area contributed by atoms with Crippen LogP contribution in [-0.4, -0.2) is 43.3 Å². The molecule has 2 heterocycles. The van der Waals surface area contributed by atoms with Gasteiger partial charge in [0.15, 0.2) is 23.1 Å². The zero-order valence-electron chi connectivity index (χ0n) is 34.6. The number of Topliss-reactive ketones (excluding diaryl/α,β-unsaturated/α-hetero) is 4. The Morgan fingerprint density at radius 2 is 0.873 bits per heavy atom. The number of benzene rings is 6. The molecule has 0 amide bonds. The van der Waals surface area contributed by atoms with Gasteiger partial charge in [-0.25, -0.2) is 9.97 Å². The monoisotopic (exact) mass is 830 g/mol. The molecule has 308 valence electrons. The van der Waals surface area contributed by atoms with Crippen molar-refractivity contribution >= 4 is 44.9 Å². The van der Waals surface area contributed by atoms with Gasteiger partial charge in [-0.05, 0) is 109 Å². The van der Waals surface area contributed by atoms with Crippen LogP contribution >= 0.6 is 0 Å². The number of ketones is 4. The van der Waals surface area contributed by atoms with Crippen LogP contribution in [0.25, 0.3) is 21.8 Å². The number of para-hydroxylation sites is 2. The maximum absolute atomic E-state index is 13.7. The summed E-state index contributed by atoms with van der Waals surface area (Å²) in [6.45, 7) is 8.14. The van der Waals surface area contributed by atoms with E-state index in [4.69, 9.17) is 9.47 Å². The number of aromatic hydroxyl groups is 2. The van der Waals surface area contributed by atoms with Crippen LogP contribution in [0.15, 0.2) is 133 Å². The number of carbonyl (C=O) groups is 4. The molecular weight excluding hydrogens is 793 g/mol. The molecule has 0 radical (unpaired) electrons. The Kier molecular flexibility index (Phi) is 9.07. The lowest BCUT2D eigenvalue weighted by Crippen LogP contribution is -2.19. The third-order valence-corrected chi connectivity index (χ3v) is 12.4. The second-order valence-corrected chi connectivity index (χ2v) is 16.7. The zero-order chi connectivity index (χ0) is 43.9. The molecule has 0 saturated heterocycles. The van der Waals surface area contributed by atoms with Crippen LogP contribution in [0.4, 0.5) is 0 Å². The summed E-state index contributed by atoms with van der Waals surface area (Å²) in [4.78, 5) is 63.3. The molecule has 2 atom stereocenters. The largest absolute Gasteiger partial charge is 0.506 e. The first-order valence-corrected chi connectivity index (χ1v) is 20.5. The Morgan fingerprint density at radius 3 is 1.29 bits per heavy atom. The lowest BCUT2D eigenvalue weighted by atomic mass is 9.77. The van der Waals surface area contributed by atoms with Crippen LogP contribution in [0.5, 0.6) is 34.5 Å². The van der Waals surface area contributed by atoms with Crippen LogP contribution in [0.2, 0.25) is 0 Å². The van der Waals surface area contributed by atoms with Crippen molar-refractivity contribution in [3.8, 4) is 34.5 Å². The number of ether oxygens (including phenoxy) is 2. The van der Waals surface area contributed by atoms with Gasteiger partial charge >= 0.3 is 0 Å². The summed E-state index contributed by atoms with van der Waals surface area (Å²) in [6, 6.07) is 39.0. The second-order valence-electron chi connectivity index (χ2n) is 16.7. The van der Waals surface area contributed by atoms with Crippen LogP contribution in [0.1, 0.15) is 101 Å². The number of pyridine rings is 2. The van der Waals surface area contributed by atoms with Gasteiger partial charge in [-0.3, -0.25) is 19.2 Å². The molecule has 2 aliphatic rings. The summed E-state index contributed by atoms with van der Waals surface area (Å²) in [7, 11) is 0. The molecule has 0 saturated carbocycles. The minimum absolute atomic E-state index is 0.0390. The number of fused-ring (bicyclic) bond motifs is 4. The number of aromatic nitrogens is 2. The van der Waals surface area contributed by atoms with Crippen molar-refractivity contribution in [1.29, 1.82) is 0 Å². The smallest absolute Gasteiger partial charge is 0.180 e. The molecule has 6 aromatic carbocycles. The average molecular weight is 831 g/mol. The van der Waals surface area contributed by atoms with Gasteiger partial charge in [0.25, 0.3) is 0 Å². The van der Waals surface area contributed by atoms with Gasteiger partial charge in [0.05, 0.1) is 11.0 Å². The minimum atomic E-state index is -1.24. The molecule has 0 spiro atoms. The van der Waals surface area contributed by atoms with Gasteiger partial charge < -0.3 is 19.7 Å². The highest BCUT2D eigenvalue weighted by molar-refractivity contribution is 6.30. The predicted molar refractivity (Wildman–Crippen MR) is 237 cm³/mol. The van der Waals surface area contributed by atoms with Crippen molar-refractivity contribution in [3.05, 3.63) is 189 Å². The number of rotatable bonds is 8. The van der Waals surface area contributed by atoms with E-state index in [1.54, 1.807) is 72.8 Å². The van der Waals surface area contributed by atoms with E-state index in [-0.39, 0.29) is 45.1 Å². The maximum Gasteiger partial charge on any atom is 0.180 e. The molecule has 2 N–H and O–H groups in total. The number of hydrogen-bond donors (Lipinski definition) is 2. The summed E-state index contributed by atoms with van der Waals surface area (Å²) in [6.07, 6.45) is 0. The molecular formula is C53H38N2O8. The average Bonchev–Trinajstić information content (AvgIpc) is 3.66. The van der Waals surface area contributed by atoms with Gasteiger partial charge in [-0.2, -0.15) is 0 Å². The van der Waals surface area contributed by atoms with E-state index < -0.39 is 40.4 Å². The van der Waals surface area contributed by atoms with E-state index in [1.165, 1.54) is 12.1 Å². The minimum Gasteiger partial charge on any atom is -0.506 e. The highest BCUT2D eigenvalue weighted by atomic mass is 16.5. The van der Waals surface area contributed by atoms with Gasteiger partial charge in [-0.15, -0.1) is 0 Å². The fraction of sp³-hybridized carbons (Fsp3) is 0.132. The van der Waals surface area contributed by atoms with E-state index in [2.05, 4.69) is 35.9 Å². The Hall–Kier alpha value is -7.98. The second kappa shape index (κ2) is 14.6. The fourth-order valence-corrected chi connectivity index (χ4v) is 8.76. The van der Waals surface area contributed by atoms with E-state index >= 15 is 0 Å². The molecule has 0 fully saturated rings. The van der Waals surface area contributed by atoms with Gasteiger partial charge in [-0.1, -0.05) is 74.5 Å². The fourth-order valence-electron chi connectivity index (χ4n) is 8.76. The lowest BCUT2D eigenvalue weighted by Gasteiger charge is -2.28. The molecule has 0 aliphatic heterocycles. The van der Waals surface area contributed by atoms with E-state index in [0.29, 0.717) is 44.8 Å². The van der Waals surface area contributed by atoms with E-state index in [1.807, 2.05) is 50.2 Å². The van der Waals surface area contributed by atoms with Crippen LogP contribution in [0, 0.1) is 13.8 Å². The van der Waals surface area contributed by atoms with Gasteiger partial charge in [0.1, 0.15) is 57.7 Å². The molecule has 8 aromatic rings. The molecule has 63 heavy (non-hydrogen) atoms. The van der Waals surface area contributed by atoms with Crippen molar-refractivity contribution in [3.63, 3.8) is 0 Å². The zero-order valence-corrected chi connectivity index (χ0v) is 34.6. The third-order valence-electron chi connectivity index (χ3n) is 12.4. The molecule has 2 aromatic heterocycles. The summed E-state index contributed by atoms with van der Waals surface area (Å²) in [5, 5.41) is 23.0. The normalized spacial score (nSPS) is 15.9. The van der Waals surface area contributed by atoms with Gasteiger partial charge in [0, 0.05) is 38.4 Å². The molecule has 10 heteroatoms. The van der Waals surface area contributed by atoms with Crippen molar-refractivity contribution in [1.82, 2.24) is 9.97 Å². The Labute approximate surface area is 361 Å². The quantitative estimate of drug-likeness (QED) is 0.141. The molecule has 2 aliphatic carbocycles. The van der Waals surface area contributed by atoms with Crippen LogP contribution in [0.3, 0.4) is 0 Å². The first-order chi connectivity index (χ1) is 30.3. The van der Waals surface area contributed by atoms with Crippen molar-refractivity contribution in [2.45, 2.75) is 44.9 Å². The van der Waals surface area contributed by atoms with Gasteiger partial charge in [0.2, 0.25) is 0 Å². The molecule has 0 bridgehead atoms. The number of aryl methyl sites for hydroxylation is 2. The van der Waals surface area contributed by atoms with Crippen molar-refractivity contribution < 1.29 is 38.9 Å².